The second-order valence-corrected chi connectivity index (χ2v) is 8.48. The first-order chi connectivity index (χ1) is 14.0. The summed E-state index contributed by atoms with van der Waals surface area (Å²) in [5.74, 6) is 0.178. The molecule has 0 amide bonds. The molecule has 1 N–H and O–H groups in total. The van der Waals surface area contributed by atoms with Crippen molar-refractivity contribution >= 4 is 28.9 Å². The number of phenols is 1. The lowest BCUT2D eigenvalue weighted by Gasteiger charge is -2.47. The maximum Gasteiger partial charge on any atom is 0.117 e. The third-order valence-corrected chi connectivity index (χ3v) is 6.03. The molecule has 29 heavy (non-hydrogen) atoms. The summed E-state index contributed by atoms with van der Waals surface area (Å²) >= 11 is 12.7. The summed E-state index contributed by atoms with van der Waals surface area (Å²) < 4.78 is 0. The molecule has 3 nitrogen and oxygen atoms in total. The highest BCUT2D eigenvalue weighted by molar-refractivity contribution is 6.33. The van der Waals surface area contributed by atoms with Crippen LogP contribution in [0.5, 0.6) is 5.75 Å². The molecule has 3 aromatic carbocycles. The summed E-state index contributed by atoms with van der Waals surface area (Å²) in [5.41, 5.74) is 3.45. The average molecular weight is 427 g/mol. The number of hydrogen-bond donors (Lipinski definition) is 1. The molecule has 2 atom stereocenters. The number of benzene rings is 3. The van der Waals surface area contributed by atoms with Gasteiger partial charge in [0.1, 0.15) is 5.75 Å². The number of hydrogen-bond acceptors (Lipinski definition) is 3. The van der Waals surface area contributed by atoms with Crippen LogP contribution in [0.2, 0.25) is 10.0 Å². The van der Waals surface area contributed by atoms with Crippen LogP contribution in [0.4, 0.5) is 5.69 Å². The summed E-state index contributed by atoms with van der Waals surface area (Å²) in [5, 5.41) is 11.1. The first kappa shape index (κ1) is 20.1. The Balaban J connectivity index is 1.68. The number of anilines is 1. The largest absolute Gasteiger partial charge is 0.508 e. The van der Waals surface area contributed by atoms with Gasteiger partial charge in [-0.05, 0) is 42.3 Å². The van der Waals surface area contributed by atoms with Crippen LogP contribution >= 0.6 is 23.2 Å². The van der Waals surface area contributed by atoms with Crippen molar-refractivity contribution < 1.29 is 5.11 Å². The molecule has 150 valence electrons. The maximum absolute atomic E-state index is 9.80. The number of piperazine rings is 1. The Morgan fingerprint density at radius 1 is 0.931 bits per heavy atom. The van der Waals surface area contributed by atoms with Gasteiger partial charge in [0.2, 0.25) is 0 Å². The second kappa shape index (κ2) is 8.66. The van der Waals surface area contributed by atoms with Crippen molar-refractivity contribution in [2.24, 2.45) is 0 Å². The number of nitrogens with zero attached hydrogens (tertiary/aromatic N) is 2. The third-order valence-electron chi connectivity index (χ3n) is 5.48. The van der Waals surface area contributed by atoms with Crippen LogP contribution in [0.15, 0.2) is 72.8 Å². The van der Waals surface area contributed by atoms with Crippen LogP contribution in [0.1, 0.15) is 24.1 Å². The average Bonchev–Trinajstić information content (AvgIpc) is 2.70. The minimum atomic E-state index is 0.127. The monoisotopic (exact) mass is 426 g/mol. The van der Waals surface area contributed by atoms with Gasteiger partial charge in [-0.3, -0.25) is 4.90 Å². The molecule has 0 bridgehead atoms. The molecule has 1 fully saturated rings. The van der Waals surface area contributed by atoms with Crippen LogP contribution in [0.25, 0.3) is 0 Å². The Morgan fingerprint density at radius 2 is 1.66 bits per heavy atom. The van der Waals surface area contributed by atoms with Crippen molar-refractivity contribution in [1.82, 2.24) is 4.90 Å². The fourth-order valence-corrected chi connectivity index (χ4v) is 4.61. The molecule has 1 heterocycles. The predicted octanol–water partition coefficient (Wildman–Crippen LogP) is 6.15. The van der Waals surface area contributed by atoms with Crippen LogP contribution in [-0.4, -0.2) is 29.1 Å². The molecule has 5 heteroatoms. The Hall–Kier alpha value is -2.20. The molecule has 0 spiro atoms. The van der Waals surface area contributed by atoms with E-state index < -0.39 is 0 Å². The molecule has 0 radical (unpaired) electrons. The predicted molar refractivity (Wildman–Crippen MR) is 121 cm³/mol. The van der Waals surface area contributed by atoms with Gasteiger partial charge in [-0.15, -0.1) is 0 Å². The highest BCUT2D eigenvalue weighted by Crippen LogP contribution is 2.39. The summed E-state index contributed by atoms with van der Waals surface area (Å²) in [7, 11) is 0. The van der Waals surface area contributed by atoms with E-state index in [1.54, 1.807) is 12.1 Å². The van der Waals surface area contributed by atoms with Crippen molar-refractivity contribution in [2.75, 3.05) is 18.0 Å². The van der Waals surface area contributed by atoms with Crippen LogP contribution in [-0.2, 0) is 6.54 Å². The Bertz CT molecular complexity index is 962. The lowest BCUT2D eigenvalue weighted by molar-refractivity contribution is 0.187. The topological polar surface area (TPSA) is 26.7 Å². The van der Waals surface area contributed by atoms with Crippen LogP contribution in [0.3, 0.4) is 0 Å². The molecule has 0 saturated carbocycles. The molecule has 0 aromatic heterocycles. The smallest absolute Gasteiger partial charge is 0.117 e. The van der Waals surface area contributed by atoms with Gasteiger partial charge in [0, 0.05) is 36.8 Å². The lowest BCUT2D eigenvalue weighted by atomic mass is 9.97. The van der Waals surface area contributed by atoms with Crippen molar-refractivity contribution in [3.63, 3.8) is 0 Å². The molecule has 1 aliphatic heterocycles. The van der Waals surface area contributed by atoms with E-state index >= 15 is 0 Å². The van der Waals surface area contributed by atoms with Gasteiger partial charge in [-0.25, -0.2) is 0 Å². The SMILES string of the molecule is CC1CN(Cc2ccccc2)C[C@@H](c2ccc(Cl)cc2)N1c1ccc(O)cc1Cl. The number of halogens is 2. The van der Waals surface area contributed by atoms with Gasteiger partial charge in [-0.2, -0.15) is 0 Å². The third kappa shape index (κ3) is 4.53. The lowest BCUT2D eigenvalue weighted by Crippen LogP contribution is -2.53. The van der Waals surface area contributed by atoms with Gasteiger partial charge in [0.25, 0.3) is 0 Å². The quantitative estimate of drug-likeness (QED) is 0.541. The molecule has 3 aromatic rings. The number of phenolic OH excluding ortho intramolecular Hbond substituents is 1. The first-order valence-corrected chi connectivity index (χ1v) is 10.6. The van der Waals surface area contributed by atoms with E-state index in [0.29, 0.717) is 5.02 Å². The van der Waals surface area contributed by atoms with Gasteiger partial charge < -0.3 is 10.0 Å². The molecule has 4 rings (SSSR count). The minimum absolute atomic E-state index is 0.127. The van der Waals surface area contributed by atoms with Crippen molar-refractivity contribution in [3.05, 3.63) is 94.0 Å². The van der Waals surface area contributed by atoms with Crippen molar-refractivity contribution in [1.29, 1.82) is 0 Å². The fraction of sp³-hybridized carbons (Fsp3) is 0.250. The molecule has 0 aliphatic carbocycles. The van der Waals surface area contributed by atoms with E-state index in [-0.39, 0.29) is 17.8 Å². The maximum atomic E-state index is 9.80. The van der Waals surface area contributed by atoms with Gasteiger partial charge >= 0.3 is 0 Å². The number of aromatic hydroxyl groups is 1. The van der Waals surface area contributed by atoms with Crippen molar-refractivity contribution in [2.45, 2.75) is 25.6 Å². The fourth-order valence-electron chi connectivity index (χ4n) is 4.21. The zero-order valence-corrected chi connectivity index (χ0v) is 17.8. The highest BCUT2D eigenvalue weighted by Gasteiger charge is 2.34. The zero-order chi connectivity index (χ0) is 20.4. The van der Waals surface area contributed by atoms with Gasteiger partial charge in [-0.1, -0.05) is 65.7 Å². The van der Waals surface area contributed by atoms with Gasteiger partial charge in [0.05, 0.1) is 16.8 Å². The molecular weight excluding hydrogens is 403 g/mol. The standard InChI is InChI=1S/C24H24Cl2N2O/c1-17-14-27(15-18-5-3-2-4-6-18)16-24(19-7-9-20(25)10-8-19)28(17)23-12-11-21(29)13-22(23)26/h2-13,17,24,29H,14-16H2,1H3/t17?,24-/m0/s1. The minimum Gasteiger partial charge on any atom is -0.508 e. The molecule has 1 saturated heterocycles. The van der Waals surface area contributed by atoms with Gasteiger partial charge in [0.15, 0.2) is 0 Å². The molecule has 1 aliphatic rings. The summed E-state index contributed by atoms with van der Waals surface area (Å²) in [4.78, 5) is 4.86. The normalized spacial score (nSPS) is 20.0. The Kier molecular flexibility index (Phi) is 6.00. The summed E-state index contributed by atoms with van der Waals surface area (Å²) in [6.07, 6.45) is 0. The van der Waals surface area contributed by atoms with E-state index in [1.807, 2.05) is 24.3 Å². The number of rotatable bonds is 4. The van der Waals surface area contributed by atoms with Crippen LogP contribution < -0.4 is 4.90 Å². The van der Waals surface area contributed by atoms with E-state index in [9.17, 15) is 5.11 Å². The Labute approximate surface area is 182 Å². The second-order valence-electron chi connectivity index (χ2n) is 7.64. The Morgan fingerprint density at radius 3 is 2.34 bits per heavy atom. The molecule has 1 unspecified atom stereocenters. The summed E-state index contributed by atoms with van der Waals surface area (Å²) in [6.45, 7) is 4.93. The first-order valence-electron chi connectivity index (χ1n) is 9.80. The van der Waals surface area contributed by atoms with E-state index in [4.69, 9.17) is 23.2 Å². The summed E-state index contributed by atoms with van der Waals surface area (Å²) in [6, 6.07) is 24.2. The molecular formula is C24H24Cl2N2O. The van der Waals surface area contributed by atoms with Crippen molar-refractivity contribution in [3.8, 4) is 5.75 Å². The van der Waals surface area contributed by atoms with Crippen LogP contribution in [0, 0.1) is 0 Å². The highest BCUT2D eigenvalue weighted by atomic mass is 35.5. The van der Waals surface area contributed by atoms with E-state index in [1.165, 1.54) is 11.1 Å². The van der Waals surface area contributed by atoms with E-state index in [2.05, 4.69) is 53.1 Å². The van der Waals surface area contributed by atoms with E-state index in [0.717, 1.165) is 30.3 Å². The zero-order valence-electron chi connectivity index (χ0n) is 16.3.